The highest BCUT2D eigenvalue weighted by Crippen LogP contribution is 2.10. The summed E-state index contributed by atoms with van der Waals surface area (Å²) in [5, 5.41) is 0. The average Bonchev–Trinajstić information content (AvgIpc) is 2.20. The fourth-order valence-electron chi connectivity index (χ4n) is 1.27. The van der Waals surface area contributed by atoms with E-state index < -0.39 is 5.60 Å². The lowest BCUT2D eigenvalue weighted by Gasteiger charge is -2.27. The van der Waals surface area contributed by atoms with Crippen LogP contribution in [0.1, 0.15) is 40.0 Å². The lowest BCUT2D eigenvalue weighted by Crippen LogP contribution is -2.38. The Kier molecular flexibility index (Phi) is 7.40. The van der Waals surface area contributed by atoms with Gasteiger partial charge in [0.25, 0.3) is 0 Å². The van der Waals surface area contributed by atoms with E-state index in [1.165, 1.54) is 0 Å². The first-order chi connectivity index (χ1) is 7.90. The van der Waals surface area contributed by atoms with E-state index in [0.29, 0.717) is 26.1 Å². The van der Waals surface area contributed by atoms with Crippen LogP contribution in [0.3, 0.4) is 0 Å². The van der Waals surface area contributed by atoms with Gasteiger partial charge in [0.15, 0.2) is 0 Å². The predicted octanol–water partition coefficient (Wildman–Crippen LogP) is 1.99. The zero-order valence-corrected chi connectivity index (χ0v) is 11.2. The Labute approximate surface area is 104 Å². The SMILES string of the molecule is C#CCCCN(CCCN)C(=O)OC(C)(C)C. The lowest BCUT2D eigenvalue weighted by atomic mass is 10.2. The maximum atomic E-state index is 11.9. The predicted molar refractivity (Wildman–Crippen MR) is 69.5 cm³/mol. The molecule has 0 fully saturated rings. The second-order valence-corrected chi connectivity index (χ2v) is 4.92. The number of carbonyl (C=O) groups is 1. The van der Waals surface area contributed by atoms with Crippen molar-refractivity contribution in [2.45, 2.75) is 45.6 Å². The molecule has 0 heterocycles. The van der Waals surface area contributed by atoms with Crippen LogP contribution in [-0.2, 0) is 4.74 Å². The molecule has 0 bridgehead atoms. The van der Waals surface area contributed by atoms with E-state index in [4.69, 9.17) is 16.9 Å². The number of rotatable bonds is 6. The molecule has 0 aliphatic carbocycles. The van der Waals surface area contributed by atoms with Gasteiger partial charge >= 0.3 is 6.09 Å². The highest BCUT2D eigenvalue weighted by Gasteiger charge is 2.21. The molecule has 4 nitrogen and oxygen atoms in total. The van der Waals surface area contributed by atoms with E-state index in [2.05, 4.69) is 5.92 Å². The second-order valence-electron chi connectivity index (χ2n) is 4.92. The van der Waals surface area contributed by atoms with Crippen LogP contribution < -0.4 is 5.73 Å². The molecule has 0 aliphatic heterocycles. The first kappa shape index (κ1) is 15.8. The van der Waals surface area contributed by atoms with Crippen molar-refractivity contribution in [2.24, 2.45) is 5.73 Å². The monoisotopic (exact) mass is 240 g/mol. The van der Waals surface area contributed by atoms with Crippen molar-refractivity contribution in [1.29, 1.82) is 0 Å². The minimum atomic E-state index is -0.468. The number of unbranched alkanes of at least 4 members (excludes halogenated alkanes) is 1. The molecular formula is C13H24N2O2. The molecular weight excluding hydrogens is 216 g/mol. The van der Waals surface area contributed by atoms with E-state index in [1.54, 1.807) is 4.90 Å². The molecule has 98 valence electrons. The average molecular weight is 240 g/mol. The van der Waals surface area contributed by atoms with Crippen LogP contribution in [0.15, 0.2) is 0 Å². The third-order valence-corrected chi connectivity index (χ3v) is 2.03. The molecule has 0 radical (unpaired) electrons. The third-order valence-electron chi connectivity index (χ3n) is 2.03. The Balaban J connectivity index is 4.25. The largest absolute Gasteiger partial charge is 0.444 e. The van der Waals surface area contributed by atoms with Crippen LogP contribution in [0.2, 0.25) is 0 Å². The van der Waals surface area contributed by atoms with Gasteiger partial charge < -0.3 is 15.4 Å². The molecule has 0 aliphatic rings. The number of ether oxygens (including phenoxy) is 1. The van der Waals surface area contributed by atoms with Crippen molar-refractivity contribution < 1.29 is 9.53 Å². The van der Waals surface area contributed by atoms with Gasteiger partial charge in [-0.15, -0.1) is 12.3 Å². The van der Waals surface area contributed by atoms with Gasteiger partial charge in [-0.1, -0.05) is 0 Å². The van der Waals surface area contributed by atoms with Crippen molar-refractivity contribution in [1.82, 2.24) is 4.90 Å². The minimum Gasteiger partial charge on any atom is -0.444 e. The topological polar surface area (TPSA) is 55.6 Å². The van der Waals surface area contributed by atoms with Gasteiger partial charge in [0, 0.05) is 19.5 Å². The van der Waals surface area contributed by atoms with Crippen LogP contribution in [0, 0.1) is 12.3 Å². The lowest BCUT2D eigenvalue weighted by molar-refractivity contribution is 0.0247. The van der Waals surface area contributed by atoms with E-state index in [9.17, 15) is 4.79 Å². The van der Waals surface area contributed by atoms with Crippen molar-refractivity contribution in [2.75, 3.05) is 19.6 Å². The Bertz CT molecular complexity index is 264. The van der Waals surface area contributed by atoms with Crippen LogP contribution in [0.4, 0.5) is 4.79 Å². The number of terminal acetylenes is 1. The molecule has 0 saturated heterocycles. The molecule has 0 saturated carbocycles. The zero-order valence-electron chi connectivity index (χ0n) is 11.2. The normalized spacial score (nSPS) is 10.8. The summed E-state index contributed by atoms with van der Waals surface area (Å²) in [6, 6.07) is 0. The number of carbonyl (C=O) groups excluding carboxylic acids is 1. The van der Waals surface area contributed by atoms with Gasteiger partial charge in [-0.3, -0.25) is 0 Å². The summed E-state index contributed by atoms with van der Waals surface area (Å²) in [5.41, 5.74) is 4.98. The maximum absolute atomic E-state index is 11.9. The second kappa shape index (κ2) is 7.97. The number of hydrogen-bond donors (Lipinski definition) is 1. The summed E-state index contributed by atoms with van der Waals surface area (Å²) in [7, 11) is 0. The summed E-state index contributed by atoms with van der Waals surface area (Å²) in [6.45, 7) is 7.37. The molecule has 0 rings (SSSR count). The van der Waals surface area contributed by atoms with Crippen LogP contribution in [0.25, 0.3) is 0 Å². The Morgan fingerprint density at radius 3 is 2.41 bits per heavy atom. The number of nitrogens with two attached hydrogens (primary N) is 1. The quantitative estimate of drug-likeness (QED) is 0.570. The van der Waals surface area contributed by atoms with Crippen molar-refractivity contribution >= 4 is 6.09 Å². The Hall–Kier alpha value is -1.21. The highest BCUT2D eigenvalue weighted by molar-refractivity contribution is 5.68. The molecule has 2 N–H and O–H groups in total. The number of nitrogens with zero attached hydrogens (tertiary/aromatic N) is 1. The molecule has 0 aromatic rings. The highest BCUT2D eigenvalue weighted by atomic mass is 16.6. The van der Waals surface area contributed by atoms with Gasteiger partial charge in [-0.25, -0.2) is 4.79 Å². The molecule has 4 heteroatoms. The first-order valence-corrected chi connectivity index (χ1v) is 6.02. The van der Waals surface area contributed by atoms with Gasteiger partial charge in [0.05, 0.1) is 0 Å². The fourth-order valence-corrected chi connectivity index (χ4v) is 1.27. The van der Waals surface area contributed by atoms with E-state index in [1.807, 2.05) is 20.8 Å². The van der Waals surface area contributed by atoms with Gasteiger partial charge in [0.1, 0.15) is 5.60 Å². The van der Waals surface area contributed by atoms with Gasteiger partial charge in [-0.05, 0) is 40.2 Å². The Morgan fingerprint density at radius 2 is 1.94 bits per heavy atom. The first-order valence-electron chi connectivity index (χ1n) is 6.02. The summed E-state index contributed by atoms with van der Waals surface area (Å²) >= 11 is 0. The molecule has 1 amide bonds. The molecule has 0 aromatic carbocycles. The number of hydrogen-bond acceptors (Lipinski definition) is 3. The zero-order chi connectivity index (χ0) is 13.3. The maximum Gasteiger partial charge on any atom is 0.410 e. The molecule has 0 aromatic heterocycles. The fraction of sp³-hybridized carbons (Fsp3) is 0.769. The van der Waals surface area contributed by atoms with Crippen molar-refractivity contribution in [3.63, 3.8) is 0 Å². The van der Waals surface area contributed by atoms with E-state index in [0.717, 1.165) is 12.8 Å². The summed E-state index contributed by atoms with van der Waals surface area (Å²) < 4.78 is 5.32. The van der Waals surface area contributed by atoms with E-state index in [-0.39, 0.29) is 6.09 Å². The molecule has 0 spiro atoms. The third kappa shape index (κ3) is 8.58. The van der Waals surface area contributed by atoms with Gasteiger partial charge in [0.2, 0.25) is 0 Å². The standard InChI is InChI=1S/C13H24N2O2/c1-5-6-7-10-15(11-8-9-14)12(16)17-13(2,3)4/h1H,6-11,14H2,2-4H3. The van der Waals surface area contributed by atoms with Crippen molar-refractivity contribution in [3.8, 4) is 12.3 Å². The Morgan fingerprint density at radius 1 is 1.35 bits per heavy atom. The smallest absolute Gasteiger partial charge is 0.410 e. The number of amides is 1. The summed E-state index contributed by atoms with van der Waals surface area (Å²) in [4.78, 5) is 13.5. The molecule has 0 unspecified atom stereocenters. The minimum absolute atomic E-state index is 0.289. The van der Waals surface area contributed by atoms with Crippen LogP contribution in [-0.4, -0.2) is 36.2 Å². The summed E-state index contributed by atoms with van der Waals surface area (Å²) in [6.07, 6.45) is 7.13. The van der Waals surface area contributed by atoms with Gasteiger partial charge in [-0.2, -0.15) is 0 Å². The van der Waals surface area contributed by atoms with E-state index >= 15 is 0 Å². The molecule has 0 atom stereocenters. The summed E-state index contributed by atoms with van der Waals surface area (Å²) in [5.74, 6) is 2.56. The van der Waals surface area contributed by atoms with Crippen LogP contribution >= 0.6 is 0 Å². The molecule has 17 heavy (non-hydrogen) atoms. The van der Waals surface area contributed by atoms with Crippen molar-refractivity contribution in [3.05, 3.63) is 0 Å². The van der Waals surface area contributed by atoms with Crippen LogP contribution in [0.5, 0.6) is 0 Å².